The normalized spacial score (nSPS) is 10.7. The number of ketones is 1. The maximum Gasteiger partial charge on any atom is 0.197 e. The van der Waals surface area contributed by atoms with Gasteiger partial charge in [-0.25, -0.2) is 0 Å². The topological polar surface area (TPSA) is 17.1 Å². The molecule has 0 amide bonds. The molecule has 20 heavy (non-hydrogen) atoms. The van der Waals surface area contributed by atoms with E-state index in [0.717, 1.165) is 5.56 Å². The molecule has 0 spiro atoms. The first-order valence-corrected chi connectivity index (χ1v) is 7.36. The van der Waals surface area contributed by atoms with Crippen LogP contribution in [0.3, 0.4) is 0 Å². The second-order valence-corrected chi connectivity index (χ2v) is 6.06. The summed E-state index contributed by atoms with van der Waals surface area (Å²) in [5.74, 6) is -0.396. The van der Waals surface area contributed by atoms with Gasteiger partial charge >= 0.3 is 0 Å². The van der Waals surface area contributed by atoms with Gasteiger partial charge in [-0.2, -0.15) is 0 Å². The highest BCUT2D eigenvalue weighted by atomic mass is 35.5. The molecule has 2 aromatic rings. The summed E-state index contributed by atoms with van der Waals surface area (Å²) in [6.45, 7) is 1.80. The Hall–Kier alpha value is -0.440. The van der Waals surface area contributed by atoms with Crippen LogP contribution in [0.4, 0.5) is 0 Å². The summed E-state index contributed by atoms with van der Waals surface area (Å²) >= 11 is 30.1. The van der Waals surface area contributed by atoms with Crippen LogP contribution in [0.15, 0.2) is 24.3 Å². The minimum absolute atomic E-state index is 0.0201. The Kier molecular flexibility index (Phi) is 4.88. The van der Waals surface area contributed by atoms with Gasteiger partial charge in [-0.05, 0) is 24.6 Å². The van der Waals surface area contributed by atoms with E-state index in [4.69, 9.17) is 58.0 Å². The monoisotopic (exact) mass is 366 g/mol. The lowest BCUT2D eigenvalue weighted by Gasteiger charge is -2.11. The van der Waals surface area contributed by atoms with Crippen molar-refractivity contribution < 1.29 is 4.79 Å². The largest absolute Gasteiger partial charge is 0.288 e. The third-order valence-corrected chi connectivity index (χ3v) is 4.84. The molecule has 104 valence electrons. The molecule has 0 aliphatic heterocycles. The van der Waals surface area contributed by atoms with E-state index < -0.39 is 5.78 Å². The van der Waals surface area contributed by atoms with Crippen molar-refractivity contribution in [3.8, 4) is 0 Å². The van der Waals surface area contributed by atoms with Gasteiger partial charge in [0.1, 0.15) is 0 Å². The zero-order valence-electron chi connectivity index (χ0n) is 10.1. The zero-order chi connectivity index (χ0) is 15.0. The van der Waals surface area contributed by atoms with E-state index in [2.05, 4.69) is 0 Å². The first-order chi connectivity index (χ1) is 9.34. The standard InChI is InChI=1S/C14H7Cl5O/c1-6-3-2-4-7(11(6)17)14(20)10-8(15)5-9(16)12(18)13(10)19/h2-5H,1H3. The first kappa shape index (κ1) is 15.9. The van der Waals surface area contributed by atoms with Crippen molar-refractivity contribution in [1.82, 2.24) is 0 Å². The van der Waals surface area contributed by atoms with Crippen LogP contribution in [0.1, 0.15) is 21.5 Å². The summed E-state index contributed by atoms with van der Waals surface area (Å²) in [5.41, 5.74) is 1.19. The number of carbonyl (C=O) groups is 1. The molecule has 0 fully saturated rings. The number of hydrogen-bond donors (Lipinski definition) is 0. The summed E-state index contributed by atoms with van der Waals surface area (Å²) in [4.78, 5) is 12.6. The van der Waals surface area contributed by atoms with Crippen LogP contribution in [0.25, 0.3) is 0 Å². The molecule has 0 atom stereocenters. The predicted molar refractivity (Wildman–Crippen MR) is 86.1 cm³/mol. The van der Waals surface area contributed by atoms with Gasteiger partial charge < -0.3 is 0 Å². The second kappa shape index (κ2) is 6.13. The van der Waals surface area contributed by atoms with E-state index in [-0.39, 0.29) is 25.7 Å². The van der Waals surface area contributed by atoms with Crippen molar-refractivity contribution in [1.29, 1.82) is 0 Å². The fraction of sp³-hybridized carbons (Fsp3) is 0.0714. The minimum Gasteiger partial charge on any atom is -0.288 e. The molecule has 0 radical (unpaired) electrons. The fourth-order valence-corrected chi connectivity index (χ4v) is 3.03. The maximum absolute atomic E-state index is 12.6. The number of hydrogen-bond acceptors (Lipinski definition) is 1. The lowest BCUT2D eigenvalue weighted by molar-refractivity contribution is 0.103. The summed E-state index contributed by atoms with van der Waals surface area (Å²) in [6.07, 6.45) is 0. The number of rotatable bonds is 2. The lowest BCUT2D eigenvalue weighted by atomic mass is 10.0. The van der Waals surface area contributed by atoms with Gasteiger partial charge in [0.2, 0.25) is 0 Å². The van der Waals surface area contributed by atoms with Crippen molar-refractivity contribution >= 4 is 63.8 Å². The Morgan fingerprint density at radius 1 is 0.900 bits per heavy atom. The van der Waals surface area contributed by atoms with Crippen LogP contribution >= 0.6 is 58.0 Å². The smallest absolute Gasteiger partial charge is 0.197 e. The lowest BCUT2D eigenvalue weighted by Crippen LogP contribution is -2.05. The molecule has 0 aliphatic rings. The van der Waals surface area contributed by atoms with Crippen LogP contribution in [0.5, 0.6) is 0 Å². The number of carbonyl (C=O) groups excluding carboxylic acids is 1. The van der Waals surface area contributed by atoms with Crippen LogP contribution in [-0.4, -0.2) is 5.78 Å². The molecule has 0 bridgehead atoms. The summed E-state index contributed by atoms with van der Waals surface area (Å²) < 4.78 is 0. The molecular formula is C14H7Cl5O. The van der Waals surface area contributed by atoms with Crippen LogP contribution in [-0.2, 0) is 0 Å². The molecule has 0 aromatic heterocycles. The Morgan fingerprint density at radius 3 is 2.20 bits per heavy atom. The van der Waals surface area contributed by atoms with Gasteiger partial charge in [-0.1, -0.05) is 70.1 Å². The fourth-order valence-electron chi connectivity index (χ4n) is 1.73. The average Bonchev–Trinajstić information content (AvgIpc) is 2.39. The Balaban J connectivity index is 2.66. The van der Waals surface area contributed by atoms with E-state index in [1.165, 1.54) is 6.07 Å². The molecule has 0 unspecified atom stereocenters. The van der Waals surface area contributed by atoms with E-state index >= 15 is 0 Å². The first-order valence-electron chi connectivity index (χ1n) is 5.47. The highest BCUT2D eigenvalue weighted by Crippen LogP contribution is 2.39. The Labute approximate surface area is 141 Å². The molecule has 0 aliphatic carbocycles. The molecule has 0 saturated carbocycles. The highest BCUT2D eigenvalue weighted by Gasteiger charge is 2.23. The third kappa shape index (κ3) is 2.79. The molecule has 2 rings (SSSR count). The van der Waals surface area contributed by atoms with E-state index in [1.807, 2.05) is 0 Å². The summed E-state index contributed by atoms with van der Waals surface area (Å²) in [7, 11) is 0. The van der Waals surface area contributed by atoms with Crippen LogP contribution < -0.4 is 0 Å². The molecule has 1 nitrogen and oxygen atoms in total. The molecule has 0 N–H and O–H groups in total. The highest BCUT2D eigenvalue weighted by molar-refractivity contribution is 6.52. The summed E-state index contributed by atoms with van der Waals surface area (Å²) in [5, 5.41) is 0.785. The quantitative estimate of drug-likeness (QED) is 0.336. The van der Waals surface area contributed by atoms with Gasteiger partial charge in [0, 0.05) is 5.56 Å². The number of aryl methyl sites for hydroxylation is 1. The van der Waals surface area contributed by atoms with Gasteiger partial charge in [-0.15, -0.1) is 0 Å². The van der Waals surface area contributed by atoms with Crippen molar-refractivity contribution in [2.24, 2.45) is 0 Å². The van der Waals surface area contributed by atoms with Crippen molar-refractivity contribution in [3.63, 3.8) is 0 Å². The van der Waals surface area contributed by atoms with Crippen molar-refractivity contribution in [2.45, 2.75) is 6.92 Å². The predicted octanol–water partition coefficient (Wildman–Crippen LogP) is 6.49. The van der Waals surface area contributed by atoms with Crippen LogP contribution in [0.2, 0.25) is 25.1 Å². The Morgan fingerprint density at radius 2 is 1.55 bits per heavy atom. The SMILES string of the molecule is Cc1cccc(C(=O)c2c(Cl)cc(Cl)c(Cl)c2Cl)c1Cl. The maximum atomic E-state index is 12.6. The molecule has 0 heterocycles. The minimum atomic E-state index is -0.396. The molecule has 6 heteroatoms. The van der Waals surface area contributed by atoms with E-state index in [1.54, 1.807) is 25.1 Å². The molecular weight excluding hydrogens is 361 g/mol. The van der Waals surface area contributed by atoms with Gasteiger partial charge in [-0.3, -0.25) is 4.79 Å². The average molecular weight is 368 g/mol. The van der Waals surface area contributed by atoms with Gasteiger partial charge in [0.25, 0.3) is 0 Å². The van der Waals surface area contributed by atoms with Crippen LogP contribution in [0, 0.1) is 6.92 Å². The zero-order valence-corrected chi connectivity index (χ0v) is 13.9. The van der Waals surface area contributed by atoms with Crippen molar-refractivity contribution in [3.05, 3.63) is 66.1 Å². The Bertz CT molecular complexity index is 709. The summed E-state index contributed by atoms with van der Waals surface area (Å²) in [6, 6.07) is 6.52. The van der Waals surface area contributed by atoms with Gasteiger partial charge in [0.15, 0.2) is 5.78 Å². The molecule has 2 aromatic carbocycles. The second-order valence-electron chi connectivity index (χ2n) is 4.11. The van der Waals surface area contributed by atoms with Gasteiger partial charge in [0.05, 0.1) is 30.7 Å². The molecule has 0 saturated heterocycles. The number of halogens is 5. The van der Waals surface area contributed by atoms with E-state index in [9.17, 15) is 4.79 Å². The number of benzene rings is 2. The van der Waals surface area contributed by atoms with E-state index in [0.29, 0.717) is 10.6 Å². The van der Waals surface area contributed by atoms with Crippen molar-refractivity contribution in [2.75, 3.05) is 0 Å². The third-order valence-electron chi connectivity index (χ3n) is 2.78.